The molecule has 0 aliphatic rings. The summed E-state index contributed by atoms with van der Waals surface area (Å²) in [6, 6.07) is 0. The molecular formula is C8H13N3. The van der Waals surface area contributed by atoms with Gasteiger partial charge in [0, 0.05) is 13.2 Å². The van der Waals surface area contributed by atoms with E-state index in [1.807, 2.05) is 11.6 Å². The van der Waals surface area contributed by atoms with Gasteiger partial charge < -0.3 is 10.3 Å². The van der Waals surface area contributed by atoms with Crippen LogP contribution in [0, 0.1) is 0 Å². The maximum atomic E-state index is 5.38. The first kappa shape index (κ1) is 9.49. The maximum Gasteiger partial charge on any atom is 0.142 e. The molecule has 1 aromatic rings. The molecule has 60 valence electrons. The van der Waals surface area contributed by atoms with Crippen molar-refractivity contribution in [2.75, 3.05) is 5.73 Å². The fraction of sp³-hybridized carbons (Fsp3) is 0.125. The Balaban J connectivity index is 0.000000461. The van der Waals surface area contributed by atoms with E-state index in [-0.39, 0.29) is 0 Å². The second-order valence-corrected chi connectivity index (χ2v) is 1.84. The summed E-state index contributed by atoms with van der Waals surface area (Å²) in [5, 5.41) is 0. The largest absolute Gasteiger partial charge is 0.382 e. The molecule has 1 aromatic heterocycles. The van der Waals surface area contributed by atoms with E-state index in [2.05, 4.69) is 24.7 Å². The van der Waals surface area contributed by atoms with Crippen LogP contribution in [-0.4, -0.2) is 9.55 Å². The first-order valence-electron chi connectivity index (χ1n) is 3.15. The van der Waals surface area contributed by atoms with Gasteiger partial charge in [0.1, 0.15) is 11.6 Å². The number of hydrogen-bond acceptors (Lipinski definition) is 2. The summed E-state index contributed by atoms with van der Waals surface area (Å²) >= 11 is 0. The van der Waals surface area contributed by atoms with Crippen molar-refractivity contribution in [3.8, 4) is 0 Å². The second kappa shape index (κ2) is 4.33. The van der Waals surface area contributed by atoms with Crippen molar-refractivity contribution < 1.29 is 0 Å². The van der Waals surface area contributed by atoms with Gasteiger partial charge >= 0.3 is 0 Å². The quantitative estimate of drug-likeness (QED) is 0.617. The summed E-state index contributed by atoms with van der Waals surface area (Å²) in [4.78, 5) is 3.95. The van der Waals surface area contributed by atoms with Crippen LogP contribution >= 0.6 is 0 Å². The minimum Gasteiger partial charge on any atom is -0.382 e. The average Bonchev–Trinajstić information content (AvgIpc) is 2.33. The van der Waals surface area contributed by atoms with Crippen molar-refractivity contribution in [2.24, 2.45) is 7.05 Å². The number of anilines is 1. The van der Waals surface area contributed by atoms with E-state index in [1.165, 1.54) is 0 Å². The van der Waals surface area contributed by atoms with E-state index in [0.717, 1.165) is 5.82 Å². The summed E-state index contributed by atoms with van der Waals surface area (Å²) in [5.41, 5.74) is 5.38. The van der Waals surface area contributed by atoms with Crippen molar-refractivity contribution in [3.63, 3.8) is 0 Å². The summed E-state index contributed by atoms with van der Waals surface area (Å²) in [6.07, 6.45) is 3.41. The summed E-state index contributed by atoms with van der Waals surface area (Å²) in [6.45, 7) is 9.57. The highest BCUT2D eigenvalue weighted by Gasteiger charge is 1.94. The summed E-state index contributed by atoms with van der Waals surface area (Å²) in [7, 11) is 1.88. The lowest BCUT2D eigenvalue weighted by Gasteiger charge is -1.88. The predicted molar refractivity (Wildman–Crippen MR) is 49.0 cm³/mol. The maximum absolute atomic E-state index is 5.38. The molecule has 3 heteroatoms. The minimum atomic E-state index is 0.535. The van der Waals surface area contributed by atoms with Crippen LogP contribution in [0.5, 0.6) is 0 Å². The monoisotopic (exact) mass is 151 g/mol. The Labute approximate surface area is 66.9 Å². The van der Waals surface area contributed by atoms with Gasteiger partial charge in [0.2, 0.25) is 0 Å². The third-order valence-electron chi connectivity index (χ3n) is 1.11. The van der Waals surface area contributed by atoms with E-state index in [4.69, 9.17) is 5.73 Å². The molecule has 0 aromatic carbocycles. The Hall–Kier alpha value is -1.51. The van der Waals surface area contributed by atoms with Gasteiger partial charge in [-0.2, -0.15) is 0 Å². The van der Waals surface area contributed by atoms with Crippen molar-refractivity contribution in [3.05, 3.63) is 31.8 Å². The predicted octanol–water partition coefficient (Wildman–Crippen LogP) is 1.45. The zero-order chi connectivity index (χ0) is 8.85. The van der Waals surface area contributed by atoms with E-state index < -0.39 is 0 Å². The Morgan fingerprint density at radius 1 is 1.64 bits per heavy atom. The number of aromatic nitrogens is 2. The lowest BCUT2D eigenvalue weighted by atomic mass is 10.6. The average molecular weight is 151 g/mol. The zero-order valence-electron chi connectivity index (χ0n) is 6.75. The molecule has 0 spiro atoms. The highest BCUT2D eigenvalue weighted by atomic mass is 15.1. The van der Waals surface area contributed by atoms with Gasteiger partial charge in [-0.05, 0) is 6.08 Å². The molecule has 11 heavy (non-hydrogen) atoms. The highest BCUT2D eigenvalue weighted by Crippen LogP contribution is 2.02. The Kier molecular flexibility index (Phi) is 3.73. The molecule has 0 saturated heterocycles. The zero-order valence-corrected chi connectivity index (χ0v) is 6.75. The molecule has 0 atom stereocenters. The van der Waals surface area contributed by atoms with Gasteiger partial charge in [-0.3, -0.25) is 0 Å². The number of nitrogens with zero attached hydrogens (tertiary/aromatic N) is 2. The molecule has 0 radical (unpaired) electrons. The first-order valence-corrected chi connectivity index (χ1v) is 3.15. The fourth-order valence-electron chi connectivity index (χ4n) is 0.694. The molecule has 0 bridgehead atoms. The topological polar surface area (TPSA) is 43.8 Å². The van der Waals surface area contributed by atoms with Crippen molar-refractivity contribution in [2.45, 2.75) is 0 Å². The van der Waals surface area contributed by atoms with Gasteiger partial charge in [-0.1, -0.05) is 6.58 Å². The van der Waals surface area contributed by atoms with Gasteiger partial charge in [-0.15, -0.1) is 13.2 Å². The molecule has 0 amide bonds. The van der Waals surface area contributed by atoms with Crippen LogP contribution in [0.25, 0.3) is 6.08 Å². The molecule has 0 fully saturated rings. The molecule has 0 saturated carbocycles. The van der Waals surface area contributed by atoms with Crippen LogP contribution in [0.2, 0.25) is 0 Å². The Morgan fingerprint density at radius 2 is 2.18 bits per heavy atom. The number of nitrogens with two attached hydrogens (primary N) is 1. The van der Waals surface area contributed by atoms with Gasteiger partial charge in [0.05, 0.1) is 0 Å². The van der Waals surface area contributed by atoms with Crippen molar-refractivity contribution in [1.29, 1.82) is 0 Å². The SMILES string of the molecule is C=C.C=Cc1nc(N)cn1C. The van der Waals surface area contributed by atoms with Gasteiger partial charge in [0.25, 0.3) is 0 Å². The van der Waals surface area contributed by atoms with Crippen LogP contribution < -0.4 is 5.73 Å². The molecule has 0 aliphatic carbocycles. The number of hydrogen-bond donors (Lipinski definition) is 1. The van der Waals surface area contributed by atoms with Gasteiger partial charge in [0.15, 0.2) is 0 Å². The molecule has 1 rings (SSSR count). The minimum absolute atomic E-state index is 0.535. The Morgan fingerprint density at radius 3 is 2.36 bits per heavy atom. The third kappa shape index (κ3) is 2.29. The number of nitrogen functional groups attached to an aromatic ring is 1. The summed E-state index contributed by atoms with van der Waals surface area (Å²) in [5.74, 6) is 1.33. The van der Waals surface area contributed by atoms with E-state index >= 15 is 0 Å². The van der Waals surface area contributed by atoms with E-state index in [0.29, 0.717) is 5.82 Å². The van der Waals surface area contributed by atoms with Crippen LogP contribution in [0.1, 0.15) is 5.82 Å². The Bertz CT molecular complexity index is 237. The third-order valence-corrected chi connectivity index (χ3v) is 1.11. The molecule has 1 heterocycles. The van der Waals surface area contributed by atoms with Gasteiger partial charge in [-0.25, -0.2) is 4.98 Å². The van der Waals surface area contributed by atoms with Crippen molar-refractivity contribution >= 4 is 11.9 Å². The van der Waals surface area contributed by atoms with Crippen LogP contribution in [-0.2, 0) is 7.05 Å². The molecule has 2 N–H and O–H groups in total. The number of imidazole rings is 1. The van der Waals surface area contributed by atoms with Crippen LogP contribution in [0.4, 0.5) is 5.82 Å². The molecule has 0 unspecified atom stereocenters. The van der Waals surface area contributed by atoms with E-state index in [9.17, 15) is 0 Å². The van der Waals surface area contributed by atoms with E-state index in [1.54, 1.807) is 12.3 Å². The van der Waals surface area contributed by atoms with Crippen molar-refractivity contribution in [1.82, 2.24) is 9.55 Å². The second-order valence-electron chi connectivity index (χ2n) is 1.84. The highest BCUT2D eigenvalue weighted by molar-refractivity contribution is 5.42. The smallest absolute Gasteiger partial charge is 0.142 e. The first-order chi connectivity index (χ1) is 5.24. The number of rotatable bonds is 1. The molecular weight excluding hydrogens is 138 g/mol. The molecule has 3 nitrogen and oxygen atoms in total. The lowest BCUT2D eigenvalue weighted by molar-refractivity contribution is 0.898. The standard InChI is InChI=1S/C6H9N3.C2H4/c1-3-6-8-5(7)4-9(6)2;1-2/h3-4H,1,7H2,2H3;1-2H2. The normalized spacial score (nSPS) is 8.09. The number of aryl methyl sites for hydroxylation is 1. The van der Waals surface area contributed by atoms with Crippen LogP contribution in [0.15, 0.2) is 25.9 Å². The summed E-state index contributed by atoms with van der Waals surface area (Å²) < 4.78 is 1.82. The lowest BCUT2D eigenvalue weighted by Crippen LogP contribution is -1.87. The molecule has 0 aliphatic heterocycles. The van der Waals surface area contributed by atoms with Crippen LogP contribution in [0.3, 0.4) is 0 Å². The fourth-order valence-corrected chi connectivity index (χ4v) is 0.694.